The zero-order chi connectivity index (χ0) is 15.4. The zero-order valence-corrected chi connectivity index (χ0v) is 13.0. The van der Waals surface area contributed by atoms with Crippen LogP contribution in [0.15, 0.2) is 22.8 Å². The predicted molar refractivity (Wildman–Crippen MR) is 79.9 cm³/mol. The third-order valence-electron chi connectivity index (χ3n) is 4.15. The molecule has 3 unspecified atom stereocenters. The lowest BCUT2D eigenvalue weighted by molar-refractivity contribution is 0.0432. The number of aliphatic hydroxyl groups excluding tert-OH is 1. The molecule has 21 heavy (non-hydrogen) atoms. The van der Waals surface area contributed by atoms with Gasteiger partial charge in [-0.3, -0.25) is 4.90 Å². The molecule has 2 heterocycles. The van der Waals surface area contributed by atoms with Crippen LogP contribution in [-0.2, 0) is 0 Å². The lowest BCUT2D eigenvalue weighted by Crippen LogP contribution is -2.50. The van der Waals surface area contributed by atoms with E-state index in [1.807, 2.05) is 38.1 Å². The van der Waals surface area contributed by atoms with E-state index < -0.39 is 6.10 Å². The van der Waals surface area contributed by atoms with Crippen LogP contribution in [-0.4, -0.2) is 60.8 Å². The van der Waals surface area contributed by atoms with Gasteiger partial charge in [-0.05, 0) is 38.6 Å². The molecule has 0 saturated carbocycles. The number of furan rings is 1. The van der Waals surface area contributed by atoms with Gasteiger partial charge >= 0.3 is 6.03 Å². The van der Waals surface area contributed by atoms with Crippen LogP contribution in [0.25, 0.3) is 0 Å². The van der Waals surface area contributed by atoms with Crippen molar-refractivity contribution in [3.63, 3.8) is 0 Å². The van der Waals surface area contributed by atoms with E-state index in [1.165, 1.54) is 0 Å². The van der Waals surface area contributed by atoms with E-state index in [-0.39, 0.29) is 18.0 Å². The minimum absolute atomic E-state index is 0.00223. The summed E-state index contributed by atoms with van der Waals surface area (Å²) < 4.78 is 5.42. The molecule has 1 aromatic heterocycles. The summed E-state index contributed by atoms with van der Waals surface area (Å²) in [6, 6.07) is 3.62. The van der Waals surface area contributed by atoms with Crippen molar-refractivity contribution in [2.75, 3.05) is 33.7 Å². The molecule has 0 radical (unpaired) electrons. The highest BCUT2D eigenvalue weighted by atomic mass is 16.3. The van der Waals surface area contributed by atoms with Crippen LogP contribution in [0.1, 0.15) is 25.1 Å². The number of β-amino-alcohol motifs (C(OH)–C–C–N with tert-alkyl or cyclic N) is 1. The van der Waals surface area contributed by atoms with Gasteiger partial charge in [0.25, 0.3) is 0 Å². The number of nitrogens with zero attached hydrogens (tertiary/aromatic N) is 2. The number of piperidine rings is 1. The van der Waals surface area contributed by atoms with Gasteiger partial charge in [-0.1, -0.05) is 6.92 Å². The Morgan fingerprint density at radius 3 is 2.95 bits per heavy atom. The molecule has 1 aromatic rings. The summed E-state index contributed by atoms with van der Waals surface area (Å²) in [5.41, 5.74) is 0. The van der Waals surface area contributed by atoms with Crippen LogP contribution in [0.4, 0.5) is 4.79 Å². The van der Waals surface area contributed by atoms with Gasteiger partial charge in [-0.2, -0.15) is 0 Å². The topological polar surface area (TPSA) is 69.0 Å². The number of nitrogens with one attached hydrogen (secondary N) is 1. The van der Waals surface area contributed by atoms with E-state index in [2.05, 4.69) is 5.32 Å². The minimum Gasteiger partial charge on any atom is -0.468 e. The molecule has 1 fully saturated rings. The predicted octanol–water partition coefficient (Wildman–Crippen LogP) is 1.29. The van der Waals surface area contributed by atoms with Crippen molar-refractivity contribution >= 4 is 6.03 Å². The summed E-state index contributed by atoms with van der Waals surface area (Å²) in [5, 5.41) is 12.8. The number of likely N-dealkylation sites (N-methyl/N-ethyl adjacent to an activating group) is 1. The lowest BCUT2D eigenvalue weighted by Gasteiger charge is -2.34. The molecule has 2 amide bonds. The molecule has 0 aromatic carbocycles. The fraction of sp³-hybridized carbons (Fsp3) is 0.667. The number of rotatable bonds is 4. The number of carbonyl (C=O) groups excluding carboxylic acids is 1. The summed E-state index contributed by atoms with van der Waals surface area (Å²) in [6.07, 6.45) is 2.04. The van der Waals surface area contributed by atoms with Crippen LogP contribution >= 0.6 is 0 Å². The third kappa shape index (κ3) is 3.98. The van der Waals surface area contributed by atoms with Gasteiger partial charge < -0.3 is 19.7 Å². The maximum Gasteiger partial charge on any atom is 0.317 e. The highest BCUT2D eigenvalue weighted by Crippen LogP contribution is 2.19. The lowest BCUT2D eigenvalue weighted by atomic mass is 9.96. The first-order valence-electron chi connectivity index (χ1n) is 7.39. The summed E-state index contributed by atoms with van der Waals surface area (Å²) >= 11 is 0. The maximum atomic E-state index is 12.2. The van der Waals surface area contributed by atoms with Gasteiger partial charge in [0.05, 0.1) is 18.4 Å². The summed E-state index contributed by atoms with van der Waals surface area (Å²) in [5.74, 6) is 1.08. The van der Waals surface area contributed by atoms with E-state index in [0.717, 1.165) is 12.2 Å². The van der Waals surface area contributed by atoms with Crippen LogP contribution in [0.5, 0.6) is 0 Å². The summed E-state index contributed by atoms with van der Waals surface area (Å²) in [4.78, 5) is 15.9. The van der Waals surface area contributed by atoms with Crippen molar-refractivity contribution in [3.8, 4) is 0 Å². The van der Waals surface area contributed by atoms with Crippen molar-refractivity contribution < 1.29 is 14.3 Å². The smallest absolute Gasteiger partial charge is 0.317 e. The molecule has 3 atom stereocenters. The molecule has 2 rings (SSSR count). The normalized spacial score (nSPS) is 24.1. The average molecular weight is 295 g/mol. The molecular weight excluding hydrogens is 270 g/mol. The molecule has 1 aliphatic heterocycles. The molecule has 1 aliphatic rings. The first kappa shape index (κ1) is 15.9. The third-order valence-corrected chi connectivity index (χ3v) is 4.15. The monoisotopic (exact) mass is 295 g/mol. The molecule has 6 nitrogen and oxygen atoms in total. The van der Waals surface area contributed by atoms with Gasteiger partial charge in [-0.25, -0.2) is 4.79 Å². The number of urea groups is 1. The Labute approximate surface area is 125 Å². The van der Waals surface area contributed by atoms with Crippen LogP contribution in [0.3, 0.4) is 0 Å². The summed E-state index contributed by atoms with van der Waals surface area (Å²) in [7, 11) is 3.90. The second-order valence-electron chi connectivity index (χ2n) is 5.96. The molecule has 0 spiro atoms. The second kappa shape index (κ2) is 6.95. The Morgan fingerprint density at radius 1 is 1.62 bits per heavy atom. The van der Waals surface area contributed by atoms with E-state index in [0.29, 0.717) is 19.6 Å². The van der Waals surface area contributed by atoms with Gasteiger partial charge in [0.15, 0.2) is 0 Å². The number of hydrogen-bond acceptors (Lipinski definition) is 4. The summed E-state index contributed by atoms with van der Waals surface area (Å²) in [6.45, 7) is 3.58. The van der Waals surface area contributed by atoms with Crippen molar-refractivity contribution in [1.29, 1.82) is 0 Å². The first-order valence-corrected chi connectivity index (χ1v) is 7.39. The van der Waals surface area contributed by atoms with Crippen LogP contribution in [0.2, 0.25) is 0 Å². The van der Waals surface area contributed by atoms with E-state index in [1.54, 1.807) is 11.2 Å². The number of hydrogen-bond donors (Lipinski definition) is 2. The molecule has 118 valence electrons. The SMILES string of the molecule is CC1CCN(C(=O)NCC(c2ccco2)N(C)C)CC1O. The highest BCUT2D eigenvalue weighted by molar-refractivity contribution is 5.74. The van der Waals surface area contributed by atoms with Crippen LogP contribution in [0, 0.1) is 5.92 Å². The first-order chi connectivity index (χ1) is 9.99. The Kier molecular flexibility index (Phi) is 5.25. The zero-order valence-electron chi connectivity index (χ0n) is 13.0. The largest absolute Gasteiger partial charge is 0.468 e. The number of likely N-dealkylation sites (tertiary alicyclic amines) is 1. The molecular formula is C15H25N3O3. The molecule has 0 bridgehead atoms. The molecule has 2 N–H and O–H groups in total. The average Bonchev–Trinajstić information content (AvgIpc) is 2.95. The molecule has 0 aliphatic carbocycles. The quantitative estimate of drug-likeness (QED) is 0.878. The standard InChI is InChI=1S/C15H25N3O3/c1-11-6-7-18(10-13(11)19)15(20)16-9-12(17(2)3)14-5-4-8-21-14/h4-5,8,11-13,19H,6-7,9-10H2,1-3H3,(H,16,20). The van der Waals surface area contributed by atoms with E-state index in [4.69, 9.17) is 4.42 Å². The van der Waals surface area contributed by atoms with Gasteiger partial charge in [0.2, 0.25) is 0 Å². The van der Waals surface area contributed by atoms with Crippen molar-refractivity contribution in [1.82, 2.24) is 15.1 Å². The Hall–Kier alpha value is -1.53. The van der Waals surface area contributed by atoms with Crippen molar-refractivity contribution in [3.05, 3.63) is 24.2 Å². The fourth-order valence-corrected chi connectivity index (χ4v) is 2.55. The second-order valence-corrected chi connectivity index (χ2v) is 5.96. The molecule has 1 saturated heterocycles. The maximum absolute atomic E-state index is 12.2. The number of carbonyl (C=O) groups is 1. The number of amides is 2. The Morgan fingerprint density at radius 2 is 2.38 bits per heavy atom. The Bertz CT molecular complexity index is 447. The molecule has 6 heteroatoms. The van der Waals surface area contributed by atoms with Gasteiger partial charge in [0, 0.05) is 19.6 Å². The van der Waals surface area contributed by atoms with Crippen LogP contribution < -0.4 is 5.32 Å². The Balaban J connectivity index is 1.88. The van der Waals surface area contributed by atoms with Gasteiger partial charge in [0.1, 0.15) is 5.76 Å². The fourth-order valence-electron chi connectivity index (χ4n) is 2.55. The van der Waals surface area contributed by atoms with E-state index >= 15 is 0 Å². The number of aliphatic hydroxyl groups is 1. The van der Waals surface area contributed by atoms with Crippen molar-refractivity contribution in [2.24, 2.45) is 5.92 Å². The van der Waals surface area contributed by atoms with E-state index in [9.17, 15) is 9.90 Å². The highest BCUT2D eigenvalue weighted by Gasteiger charge is 2.28. The van der Waals surface area contributed by atoms with Gasteiger partial charge in [-0.15, -0.1) is 0 Å². The van der Waals surface area contributed by atoms with Crippen molar-refractivity contribution in [2.45, 2.75) is 25.5 Å². The minimum atomic E-state index is -0.431.